The molecule has 0 bridgehead atoms. The van der Waals surface area contributed by atoms with E-state index < -0.39 is 0 Å². The fourth-order valence-corrected chi connectivity index (χ4v) is 5.03. The topological polar surface area (TPSA) is 55.4 Å². The van der Waals surface area contributed by atoms with Gasteiger partial charge in [-0.05, 0) is 61.1 Å². The second-order valence-corrected chi connectivity index (χ2v) is 8.11. The highest BCUT2D eigenvalue weighted by atomic mass is 32.1. The first-order chi connectivity index (χ1) is 13.7. The largest absolute Gasteiger partial charge is 0.462 e. The van der Waals surface area contributed by atoms with Gasteiger partial charge in [0.1, 0.15) is 5.00 Å². The Morgan fingerprint density at radius 2 is 1.82 bits per heavy atom. The van der Waals surface area contributed by atoms with E-state index in [0.717, 1.165) is 42.0 Å². The van der Waals surface area contributed by atoms with Crippen LogP contribution in [0.5, 0.6) is 0 Å². The summed E-state index contributed by atoms with van der Waals surface area (Å²) in [6.07, 6.45) is 5.18. The molecule has 0 spiro atoms. The maximum atomic E-state index is 12.9. The molecule has 1 amide bonds. The Labute approximate surface area is 168 Å². The molecule has 2 aromatic carbocycles. The first-order valence-corrected chi connectivity index (χ1v) is 10.6. The van der Waals surface area contributed by atoms with Gasteiger partial charge in [-0.2, -0.15) is 0 Å². The molecule has 4 rings (SSSR count). The van der Waals surface area contributed by atoms with Crippen molar-refractivity contribution in [2.45, 2.75) is 39.0 Å². The van der Waals surface area contributed by atoms with Gasteiger partial charge in [-0.1, -0.05) is 36.8 Å². The van der Waals surface area contributed by atoms with Crippen molar-refractivity contribution in [2.75, 3.05) is 11.9 Å². The summed E-state index contributed by atoms with van der Waals surface area (Å²) in [6, 6.07) is 13.6. The summed E-state index contributed by atoms with van der Waals surface area (Å²) in [5, 5.41) is 5.71. The van der Waals surface area contributed by atoms with E-state index in [-0.39, 0.29) is 11.9 Å². The molecular weight excluding hydrogens is 370 g/mol. The minimum atomic E-state index is -0.337. The van der Waals surface area contributed by atoms with Gasteiger partial charge in [-0.15, -0.1) is 11.3 Å². The van der Waals surface area contributed by atoms with E-state index in [1.54, 1.807) is 6.92 Å². The maximum absolute atomic E-state index is 12.9. The third kappa shape index (κ3) is 3.67. The smallest absolute Gasteiger partial charge is 0.341 e. The Morgan fingerprint density at radius 3 is 2.64 bits per heavy atom. The number of carbonyl (C=O) groups excluding carboxylic acids is 2. The van der Waals surface area contributed by atoms with Crippen LogP contribution in [0.3, 0.4) is 0 Å². The minimum absolute atomic E-state index is 0.201. The zero-order valence-electron chi connectivity index (χ0n) is 15.9. The average Bonchev–Trinajstić information content (AvgIpc) is 2.88. The Balaban J connectivity index is 1.67. The molecule has 28 heavy (non-hydrogen) atoms. The average molecular weight is 394 g/mol. The van der Waals surface area contributed by atoms with E-state index in [1.807, 2.05) is 42.5 Å². The van der Waals surface area contributed by atoms with Crippen molar-refractivity contribution in [3.8, 4) is 0 Å². The monoisotopic (exact) mass is 393 g/mol. The van der Waals surface area contributed by atoms with E-state index in [1.165, 1.54) is 22.6 Å². The Morgan fingerprint density at radius 1 is 1.04 bits per heavy atom. The molecule has 0 fully saturated rings. The van der Waals surface area contributed by atoms with E-state index in [2.05, 4.69) is 5.32 Å². The lowest BCUT2D eigenvalue weighted by Gasteiger charge is -2.09. The summed E-state index contributed by atoms with van der Waals surface area (Å²) in [6.45, 7) is 2.12. The standard InChI is InChI=1S/C23H23NO3S/c1-2-27-23(26)20-18-10-4-3-5-11-19(18)28-22(20)24-21(25)17-13-12-15-8-6-7-9-16(15)14-17/h6-9,12-14H,2-5,10-11H2,1H3,(H,24,25). The summed E-state index contributed by atoms with van der Waals surface area (Å²) in [7, 11) is 0. The zero-order valence-corrected chi connectivity index (χ0v) is 16.7. The number of fused-ring (bicyclic) bond motifs is 2. The van der Waals surface area contributed by atoms with Gasteiger partial charge >= 0.3 is 5.97 Å². The Bertz CT molecular complexity index is 1040. The molecule has 0 saturated heterocycles. The number of nitrogens with one attached hydrogen (secondary N) is 1. The van der Waals surface area contributed by atoms with Gasteiger partial charge < -0.3 is 10.1 Å². The fourth-order valence-electron chi connectivity index (χ4n) is 3.76. The lowest BCUT2D eigenvalue weighted by atomic mass is 10.0. The molecule has 1 aromatic heterocycles. The highest BCUT2D eigenvalue weighted by Gasteiger charge is 2.26. The van der Waals surface area contributed by atoms with Crippen LogP contribution in [0.2, 0.25) is 0 Å². The lowest BCUT2D eigenvalue weighted by Crippen LogP contribution is -2.15. The quantitative estimate of drug-likeness (QED) is 0.464. The summed E-state index contributed by atoms with van der Waals surface area (Å²) in [5.74, 6) is -0.538. The molecule has 0 radical (unpaired) electrons. The van der Waals surface area contributed by atoms with Crippen LogP contribution < -0.4 is 5.32 Å². The van der Waals surface area contributed by atoms with Crippen LogP contribution in [-0.2, 0) is 17.6 Å². The molecule has 1 aliphatic rings. The second kappa shape index (κ2) is 8.15. The number of benzene rings is 2. The van der Waals surface area contributed by atoms with Crippen molar-refractivity contribution < 1.29 is 14.3 Å². The van der Waals surface area contributed by atoms with E-state index in [9.17, 15) is 9.59 Å². The first-order valence-electron chi connectivity index (χ1n) is 9.79. The van der Waals surface area contributed by atoms with Crippen molar-refractivity contribution >= 4 is 39.0 Å². The van der Waals surface area contributed by atoms with Gasteiger partial charge in [0.15, 0.2) is 0 Å². The number of thiophene rings is 1. The van der Waals surface area contributed by atoms with Crippen LogP contribution in [0.25, 0.3) is 10.8 Å². The molecule has 5 heteroatoms. The van der Waals surface area contributed by atoms with Crippen molar-refractivity contribution in [3.05, 3.63) is 64.0 Å². The van der Waals surface area contributed by atoms with Gasteiger partial charge in [0.2, 0.25) is 0 Å². The van der Waals surface area contributed by atoms with Crippen molar-refractivity contribution in [1.82, 2.24) is 0 Å². The normalized spacial score (nSPS) is 13.6. The van der Waals surface area contributed by atoms with Crippen LogP contribution >= 0.6 is 11.3 Å². The summed E-state index contributed by atoms with van der Waals surface area (Å²) in [4.78, 5) is 26.8. The lowest BCUT2D eigenvalue weighted by molar-refractivity contribution is 0.0527. The molecule has 0 unspecified atom stereocenters. The SMILES string of the molecule is CCOC(=O)c1c(NC(=O)c2ccc3ccccc3c2)sc2c1CCCCC2. The zero-order chi connectivity index (χ0) is 19.5. The molecule has 0 aliphatic heterocycles. The molecule has 0 atom stereocenters. The number of esters is 1. The number of amides is 1. The van der Waals surface area contributed by atoms with Crippen LogP contribution in [-0.4, -0.2) is 18.5 Å². The number of anilines is 1. The highest BCUT2D eigenvalue weighted by Crippen LogP contribution is 2.38. The van der Waals surface area contributed by atoms with E-state index in [4.69, 9.17) is 4.74 Å². The van der Waals surface area contributed by atoms with Gasteiger partial charge in [0.25, 0.3) is 5.91 Å². The highest BCUT2D eigenvalue weighted by molar-refractivity contribution is 7.17. The third-order valence-electron chi connectivity index (χ3n) is 5.14. The predicted molar refractivity (Wildman–Crippen MR) is 113 cm³/mol. The molecule has 4 nitrogen and oxygen atoms in total. The molecule has 3 aromatic rings. The van der Waals surface area contributed by atoms with Gasteiger partial charge in [0, 0.05) is 10.4 Å². The molecule has 1 heterocycles. The number of rotatable bonds is 4. The van der Waals surface area contributed by atoms with Gasteiger partial charge in [-0.3, -0.25) is 4.79 Å². The van der Waals surface area contributed by atoms with Crippen molar-refractivity contribution in [2.24, 2.45) is 0 Å². The minimum Gasteiger partial charge on any atom is -0.462 e. The number of hydrogen-bond acceptors (Lipinski definition) is 4. The maximum Gasteiger partial charge on any atom is 0.341 e. The first kappa shape index (κ1) is 18.7. The van der Waals surface area contributed by atoms with Gasteiger partial charge in [-0.25, -0.2) is 4.79 Å². The fraction of sp³-hybridized carbons (Fsp3) is 0.304. The number of aryl methyl sites for hydroxylation is 1. The molecule has 144 valence electrons. The van der Waals surface area contributed by atoms with Crippen molar-refractivity contribution in [3.63, 3.8) is 0 Å². The number of carbonyl (C=O) groups is 2. The van der Waals surface area contributed by atoms with Crippen LogP contribution in [0.4, 0.5) is 5.00 Å². The van der Waals surface area contributed by atoms with E-state index in [0.29, 0.717) is 22.7 Å². The van der Waals surface area contributed by atoms with Crippen LogP contribution in [0, 0.1) is 0 Å². The summed E-state index contributed by atoms with van der Waals surface area (Å²) in [5.41, 5.74) is 2.20. The summed E-state index contributed by atoms with van der Waals surface area (Å²) < 4.78 is 5.30. The van der Waals surface area contributed by atoms with Gasteiger partial charge in [0.05, 0.1) is 12.2 Å². The third-order valence-corrected chi connectivity index (χ3v) is 6.35. The van der Waals surface area contributed by atoms with Crippen LogP contribution in [0.1, 0.15) is 57.3 Å². The van der Waals surface area contributed by atoms with Crippen LogP contribution in [0.15, 0.2) is 42.5 Å². The molecule has 0 saturated carbocycles. The Hall–Kier alpha value is -2.66. The van der Waals surface area contributed by atoms with Crippen molar-refractivity contribution in [1.29, 1.82) is 0 Å². The Kier molecular flexibility index (Phi) is 5.44. The number of hydrogen-bond donors (Lipinski definition) is 1. The molecule has 1 N–H and O–H groups in total. The second-order valence-electron chi connectivity index (χ2n) is 7.01. The van der Waals surface area contributed by atoms with E-state index >= 15 is 0 Å². The predicted octanol–water partition coefficient (Wildman–Crippen LogP) is 5.60. The number of ether oxygens (including phenoxy) is 1. The summed E-state index contributed by atoms with van der Waals surface area (Å²) >= 11 is 1.52. The molecular formula is C23H23NO3S. The molecule has 1 aliphatic carbocycles.